The Morgan fingerprint density at radius 2 is 2.32 bits per heavy atom. The largest absolute Gasteiger partial charge is 0.386 e. The molecule has 0 saturated heterocycles. The van der Waals surface area contributed by atoms with Crippen molar-refractivity contribution >= 4 is 55.7 Å². The Labute approximate surface area is 119 Å². The van der Waals surface area contributed by atoms with Crippen LogP contribution in [0.3, 0.4) is 0 Å². The summed E-state index contributed by atoms with van der Waals surface area (Å²) in [6, 6.07) is 3.81. The average Bonchev–Trinajstić information content (AvgIpc) is 2.74. The lowest BCUT2D eigenvalue weighted by Gasteiger charge is -2.02. The van der Waals surface area contributed by atoms with Gasteiger partial charge in [0.25, 0.3) is 0 Å². The number of carbonyl (C=O) groups is 1. The van der Waals surface area contributed by atoms with E-state index in [0.29, 0.717) is 11.0 Å². The van der Waals surface area contributed by atoms with Gasteiger partial charge in [0.05, 0.1) is 21.8 Å². The van der Waals surface area contributed by atoms with Crippen molar-refractivity contribution in [3.63, 3.8) is 0 Å². The van der Waals surface area contributed by atoms with Crippen LogP contribution in [0.2, 0.25) is 0 Å². The molecule has 19 heavy (non-hydrogen) atoms. The highest BCUT2D eigenvalue weighted by atomic mass is 35.5. The lowest BCUT2D eigenvalue weighted by Crippen LogP contribution is -2.12. The van der Waals surface area contributed by atoms with Crippen molar-refractivity contribution in [1.29, 1.82) is 0 Å². The Morgan fingerprint density at radius 3 is 2.95 bits per heavy atom. The van der Waals surface area contributed by atoms with Crippen LogP contribution >= 0.6 is 22.9 Å². The van der Waals surface area contributed by atoms with Gasteiger partial charge in [-0.25, -0.2) is 9.98 Å². The number of benzene rings is 1. The summed E-state index contributed by atoms with van der Waals surface area (Å²) < 4.78 is 0.886. The summed E-state index contributed by atoms with van der Waals surface area (Å²) in [7, 11) is 0. The highest BCUT2D eigenvalue weighted by molar-refractivity contribution is 7.23. The first-order valence-electron chi connectivity index (χ1n) is 5.58. The zero-order valence-electron chi connectivity index (χ0n) is 10.5. The number of carbonyl (C=O) groups excluding carboxylic acids is 1. The van der Waals surface area contributed by atoms with Gasteiger partial charge in [0.15, 0.2) is 5.13 Å². The van der Waals surface area contributed by atoms with E-state index < -0.39 is 0 Å². The van der Waals surface area contributed by atoms with Crippen LogP contribution in [0.25, 0.3) is 10.2 Å². The molecule has 0 aliphatic heterocycles. The first-order chi connectivity index (χ1) is 9.01. The molecule has 0 saturated carbocycles. The van der Waals surface area contributed by atoms with Crippen LogP contribution in [0.1, 0.15) is 12.5 Å². The average molecular weight is 297 g/mol. The topological polar surface area (TPSA) is 80.4 Å². The van der Waals surface area contributed by atoms with E-state index in [1.165, 1.54) is 18.3 Å². The van der Waals surface area contributed by atoms with Crippen molar-refractivity contribution in [2.24, 2.45) is 10.7 Å². The van der Waals surface area contributed by atoms with Crippen molar-refractivity contribution in [2.45, 2.75) is 13.8 Å². The summed E-state index contributed by atoms with van der Waals surface area (Å²) in [6.45, 7) is 3.39. The maximum Gasteiger partial charge on any atom is 0.223 e. The highest BCUT2D eigenvalue weighted by Crippen LogP contribution is 2.36. The second-order valence-electron chi connectivity index (χ2n) is 4.02. The second kappa shape index (κ2) is 5.54. The van der Waals surface area contributed by atoms with Crippen LogP contribution < -0.4 is 11.1 Å². The zero-order chi connectivity index (χ0) is 14.0. The van der Waals surface area contributed by atoms with E-state index in [2.05, 4.69) is 15.3 Å². The molecule has 0 atom stereocenters. The minimum Gasteiger partial charge on any atom is -0.386 e. The number of amidine groups is 1. The fourth-order valence-electron chi connectivity index (χ4n) is 1.59. The molecule has 5 nitrogen and oxygen atoms in total. The molecular weight excluding hydrogens is 284 g/mol. The summed E-state index contributed by atoms with van der Waals surface area (Å²) in [5.74, 6) is 0.376. The Balaban J connectivity index is 2.58. The number of nitrogens with two attached hydrogens (primary N) is 1. The third-order valence-electron chi connectivity index (χ3n) is 2.41. The lowest BCUT2D eigenvalue weighted by atomic mass is 10.2. The van der Waals surface area contributed by atoms with Crippen molar-refractivity contribution in [2.75, 3.05) is 11.2 Å². The van der Waals surface area contributed by atoms with Gasteiger partial charge in [-0.05, 0) is 18.6 Å². The van der Waals surface area contributed by atoms with Gasteiger partial charge in [0.2, 0.25) is 5.91 Å². The minimum absolute atomic E-state index is 0.152. The van der Waals surface area contributed by atoms with Gasteiger partial charge in [0, 0.05) is 6.92 Å². The van der Waals surface area contributed by atoms with Gasteiger partial charge in [-0.3, -0.25) is 4.79 Å². The number of rotatable bonds is 3. The van der Waals surface area contributed by atoms with Crippen molar-refractivity contribution < 1.29 is 4.79 Å². The monoisotopic (exact) mass is 296 g/mol. The number of aromatic nitrogens is 1. The van der Waals surface area contributed by atoms with Crippen molar-refractivity contribution in [1.82, 2.24) is 4.98 Å². The van der Waals surface area contributed by atoms with Gasteiger partial charge < -0.3 is 11.1 Å². The number of aryl methyl sites for hydroxylation is 1. The summed E-state index contributed by atoms with van der Waals surface area (Å²) in [5.41, 5.74) is 8.20. The Hall–Kier alpha value is -1.66. The second-order valence-corrected chi connectivity index (χ2v) is 5.28. The molecule has 0 aliphatic rings. The molecule has 3 N–H and O–H groups in total. The molecule has 0 unspecified atom stereocenters. The predicted octanol–water partition coefficient (Wildman–Crippen LogP) is 2.79. The van der Waals surface area contributed by atoms with Crippen molar-refractivity contribution in [3.8, 4) is 0 Å². The number of thiazole rings is 1. The molecule has 1 heterocycles. The molecule has 1 aromatic carbocycles. The number of hydrogen-bond donors (Lipinski definition) is 2. The number of alkyl halides is 1. The Morgan fingerprint density at radius 1 is 1.58 bits per heavy atom. The Bertz CT molecular complexity index is 665. The van der Waals surface area contributed by atoms with E-state index >= 15 is 0 Å². The van der Waals surface area contributed by atoms with Gasteiger partial charge in [0.1, 0.15) is 5.84 Å². The number of halogens is 1. The lowest BCUT2D eigenvalue weighted by molar-refractivity contribution is -0.114. The van der Waals surface area contributed by atoms with Crippen LogP contribution in [-0.2, 0) is 4.79 Å². The first-order valence-corrected chi connectivity index (χ1v) is 6.93. The van der Waals surface area contributed by atoms with Crippen LogP contribution in [-0.4, -0.2) is 22.6 Å². The predicted molar refractivity (Wildman–Crippen MR) is 80.7 cm³/mol. The SMILES string of the molecule is CC(=O)Nc1nc2ccc(C)c(N=C(N)CCl)c2s1. The molecule has 1 aromatic heterocycles. The zero-order valence-corrected chi connectivity index (χ0v) is 12.1. The van der Waals surface area contributed by atoms with Crippen LogP contribution in [0.15, 0.2) is 17.1 Å². The number of anilines is 1. The first kappa shape index (κ1) is 13.8. The standard InChI is InChI=1S/C12H13ClN4OS/c1-6-3-4-8-11(10(6)17-9(14)5-13)19-12(16-8)15-7(2)18/h3-4H,5H2,1-2H3,(H2,14,17)(H,15,16,18). The number of hydrogen-bond acceptors (Lipinski definition) is 4. The maximum absolute atomic E-state index is 11.1. The van der Waals surface area contributed by atoms with Gasteiger partial charge in [-0.2, -0.15) is 0 Å². The molecule has 0 radical (unpaired) electrons. The number of fused-ring (bicyclic) bond motifs is 1. The number of nitrogens with zero attached hydrogens (tertiary/aromatic N) is 2. The fourth-order valence-corrected chi connectivity index (χ4v) is 2.71. The highest BCUT2D eigenvalue weighted by Gasteiger charge is 2.11. The third-order valence-corrected chi connectivity index (χ3v) is 3.68. The molecule has 0 fully saturated rings. The molecule has 7 heteroatoms. The van der Waals surface area contributed by atoms with E-state index in [9.17, 15) is 4.79 Å². The van der Waals surface area contributed by atoms with Gasteiger partial charge >= 0.3 is 0 Å². The minimum atomic E-state index is -0.152. The Kier molecular flexibility index (Phi) is 4.01. The molecule has 2 aromatic rings. The summed E-state index contributed by atoms with van der Waals surface area (Å²) >= 11 is 7.02. The van der Waals surface area contributed by atoms with Crippen LogP contribution in [0, 0.1) is 6.92 Å². The fraction of sp³-hybridized carbons (Fsp3) is 0.250. The number of amides is 1. The summed E-state index contributed by atoms with van der Waals surface area (Å²) in [6.07, 6.45) is 0. The third kappa shape index (κ3) is 3.02. The summed E-state index contributed by atoms with van der Waals surface area (Å²) in [5, 5.41) is 3.22. The number of nitrogens with one attached hydrogen (secondary N) is 1. The van der Waals surface area contributed by atoms with E-state index in [1.807, 2.05) is 19.1 Å². The van der Waals surface area contributed by atoms with Gasteiger partial charge in [-0.15, -0.1) is 11.6 Å². The van der Waals surface area contributed by atoms with Crippen LogP contribution in [0.4, 0.5) is 10.8 Å². The maximum atomic E-state index is 11.1. The van der Waals surface area contributed by atoms with Gasteiger partial charge in [-0.1, -0.05) is 17.4 Å². The molecule has 0 spiro atoms. The van der Waals surface area contributed by atoms with E-state index in [4.69, 9.17) is 17.3 Å². The van der Waals surface area contributed by atoms with Crippen molar-refractivity contribution in [3.05, 3.63) is 17.7 Å². The molecule has 100 valence electrons. The van der Waals surface area contributed by atoms with E-state index in [0.717, 1.165) is 21.5 Å². The molecule has 0 bridgehead atoms. The quantitative estimate of drug-likeness (QED) is 0.519. The van der Waals surface area contributed by atoms with E-state index in [-0.39, 0.29) is 11.8 Å². The summed E-state index contributed by atoms with van der Waals surface area (Å²) in [4.78, 5) is 19.7. The molecule has 1 amide bonds. The number of aliphatic imine (C=N–C) groups is 1. The smallest absolute Gasteiger partial charge is 0.223 e. The normalized spacial score (nSPS) is 11.8. The molecular formula is C12H13ClN4OS. The molecule has 2 rings (SSSR count). The molecule has 0 aliphatic carbocycles. The van der Waals surface area contributed by atoms with Crippen LogP contribution in [0.5, 0.6) is 0 Å². The van der Waals surface area contributed by atoms with E-state index in [1.54, 1.807) is 0 Å².